The molecule has 0 aliphatic carbocycles. The summed E-state index contributed by atoms with van der Waals surface area (Å²) in [5.41, 5.74) is 5.16. The second kappa shape index (κ2) is 9.74. The lowest BCUT2D eigenvalue weighted by atomic mass is 10.1. The molecule has 1 amide bonds. The normalized spacial score (nSPS) is 10.8. The Bertz CT molecular complexity index is 1210. The Morgan fingerprint density at radius 3 is 2.58 bits per heavy atom. The highest BCUT2D eigenvalue weighted by molar-refractivity contribution is 9.10. The number of halogens is 2. The Morgan fingerprint density at radius 1 is 1.19 bits per heavy atom. The Balaban J connectivity index is 2.14. The fraction of sp³-hybridized carbons (Fsp3) is 0.227. The molecular formula is C22H22BrFN4O3. The Morgan fingerprint density at radius 2 is 1.90 bits per heavy atom. The van der Waals surface area contributed by atoms with Gasteiger partial charge in [0.15, 0.2) is 5.69 Å². The molecule has 0 atom stereocenters. The molecule has 0 saturated heterocycles. The monoisotopic (exact) mass is 488 g/mol. The topological polar surface area (TPSA) is 101 Å². The van der Waals surface area contributed by atoms with Gasteiger partial charge in [-0.25, -0.2) is 9.18 Å². The zero-order valence-corrected chi connectivity index (χ0v) is 18.5. The molecule has 0 spiro atoms. The van der Waals surface area contributed by atoms with Gasteiger partial charge in [-0.2, -0.15) is 0 Å². The molecule has 0 fully saturated rings. The number of hydrogen-bond acceptors (Lipinski definition) is 4. The SMILES string of the molecule is CCCCN(C(=O)c1cc(Br)ccc1F)c1c(N)n(Cc2ccccc2)c(=O)[nH]c1=O. The average molecular weight is 489 g/mol. The van der Waals surface area contributed by atoms with Gasteiger partial charge >= 0.3 is 5.69 Å². The number of nitrogens with two attached hydrogens (primary N) is 1. The summed E-state index contributed by atoms with van der Waals surface area (Å²) in [7, 11) is 0. The number of benzene rings is 2. The smallest absolute Gasteiger partial charge is 0.330 e. The second-order valence-corrected chi connectivity index (χ2v) is 7.92. The number of nitrogen functional groups attached to an aromatic ring is 1. The van der Waals surface area contributed by atoms with Crippen LogP contribution in [-0.2, 0) is 6.54 Å². The van der Waals surface area contributed by atoms with E-state index in [4.69, 9.17) is 5.73 Å². The highest BCUT2D eigenvalue weighted by Crippen LogP contribution is 2.23. The maximum atomic E-state index is 14.4. The van der Waals surface area contributed by atoms with Crippen LogP contribution >= 0.6 is 15.9 Å². The Labute approximate surface area is 186 Å². The maximum Gasteiger partial charge on any atom is 0.330 e. The van der Waals surface area contributed by atoms with E-state index in [0.717, 1.165) is 16.9 Å². The molecule has 7 nitrogen and oxygen atoms in total. The summed E-state index contributed by atoms with van der Waals surface area (Å²) in [6, 6.07) is 13.1. The van der Waals surface area contributed by atoms with Crippen molar-refractivity contribution in [1.82, 2.24) is 9.55 Å². The van der Waals surface area contributed by atoms with Gasteiger partial charge in [0, 0.05) is 11.0 Å². The number of rotatable bonds is 7. The third-order valence-corrected chi connectivity index (χ3v) is 5.30. The second-order valence-electron chi connectivity index (χ2n) is 7.00. The number of aromatic nitrogens is 2. The van der Waals surface area contributed by atoms with Crippen molar-refractivity contribution in [3.63, 3.8) is 0 Å². The number of nitrogens with one attached hydrogen (secondary N) is 1. The first-order chi connectivity index (χ1) is 14.8. The summed E-state index contributed by atoms with van der Waals surface area (Å²) in [5, 5.41) is 0. The molecule has 3 aromatic rings. The maximum absolute atomic E-state index is 14.4. The van der Waals surface area contributed by atoms with Gasteiger partial charge in [-0.1, -0.05) is 59.6 Å². The predicted molar refractivity (Wildman–Crippen MR) is 122 cm³/mol. The quantitative estimate of drug-likeness (QED) is 0.531. The van der Waals surface area contributed by atoms with Crippen molar-refractivity contribution >= 4 is 33.3 Å². The van der Waals surface area contributed by atoms with E-state index in [-0.39, 0.29) is 30.2 Å². The molecule has 3 rings (SSSR count). The number of H-pyrrole nitrogens is 1. The number of unbranched alkanes of at least 4 members (excludes halogenated alkanes) is 1. The minimum Gasteiger partial charge on any atom is -0.383 e. The van der Waals surface area contributed by atoms with E-state index in [0.29, 0.717) is 10.9 Å². The van der Waals surface area contributed by atoms with Crippen molar-refractivity contribution < 1.29 is 9.18 Å². The Kier molecular flexibility index (Phi) is 7.06. The highest BCUT2D eigenvalue weighted by Gasteiger charge is 2.27. The third-order valence-electron chi connectivity index (χ3n) is 4.81. The minimum absolute atomic E-state index is 0.107. The molecule has 0 bridgehead atoms. The number of aromatic amines is 1. The van der Waals surface area contributed by atoms with Crippen molar-refractivity contribution in [3.05, 3.63) is 90.8 Å². The van der Waals surface area contributed by atoms with Gasteiger partial charge in [0.2, 0.25) is 0 Å². The number of carbonyl (C=O) groups is 1. The first-order valence-electron chi connectivity index (χ1n) is 9.77. The molecule has 0 radical (unpaired) electrons. The molecule has 31 heavy (non-hydrogen) atoms. The van der Waals surface area contributed by atoms with Gasteiger partial charge in [0.05, 0.1) is 12.1 Å². The molecular weight excluding hydrogens is 467 g/mol. The molecule has 2 aromatic carbocycles. The van der Waals surface area contributed by atoms with Gasteiger partial charge in [-0.3, -0.25) is 19.1 Å². The van der Waals surface area contributed by atoms with Gasteiger partial charge in [-0.05, 0) is 30.2 Å². The molecule has 0 aliphatic heterocycles. The van der Waals surface area contributed by atoms with E-state index < -0.39 is 23.0 Å². The van der Waals surface area contributed by atoms with E-state index >= 15 is 0 Å². The summed E-state index contributed by atoms with van der Waals surface area (Å²) >= 11 is 3.23. The molecule has 162 valence electrons. The van der Waals surface area contributed by atoms with Crippen LogP contribution in [0.2, 0.25) is 0 Å². The first kappa shape index (κ1) is 22.5. The zero-order valence-electron chi connectivity index (χ0n) is 16.9. The summed E-state index contributed by atoms with van der Waals surface area (Å²) in [6.07, 6.45) is 1.28. The molecule has 9 heteroatoms. The lowest BCUT2D eigenvalue weighted by molar-refractivity contribution is 0.0982. The van der Waals surface area contributed by atoms with E-state index in [1.54, 1.807) is 0 Å². The summed E-state index contributed by atoms with van der Waals surface area (Å²) < 4.78 is 16.1. The zero-order chi connectivity index (χ0) is 22.5. The van der Waals surface area contributed by atoms with Crippen LogP contribution in [0.5, 0.6) is 0 Å². The van der Waals surface area contributed by atoms with Crippen molar-refractivity contribution in [1.29, 1.82) is 0 Å². The van der Waals surface area contributed by atoms with Crippen LogP contribution in [0, 0.1) is 5.82 Å². The molecule has 1 heterocycles. The number of amides is 1. The van der Waals surface area contributed by atoms with Crippen molar-refractivity contribution in [2.45, 2.75) is 26.3 Å². The van der Waals surface area contributed by atoms with Crippen LogP contribution in [0.1, 0.15) is 35.7 Å². The fourth-order valence-electron chi connectivity index (χ4n) is 3.20. The fourth-order valence-corrected chi connectivity index (χ4v) is 3.56. The lowest BCUT2D eigenvalue weighted by Gasteiger charge is -2.25. The van der Waals surface area contributed by atoms with E-state index in [2.05, 4.69) is 20.9 Å². The van der Waals surface area contributed by atoms with Crippen molar-refractivity contribution in [2.24, 2.45) is 0 Å². The summed E-state index contributed by atoms with van der Waals surface area (Å²) in [6.45, 7) is 2.17. The standard InChI is InChI=1S/C22H22BrFN4O3/c1-2-3-11-27(21(30)16-12-15(23)9-10-17(16)24)18-19(25)28(22(31)26-20(18)29)13-14-7-5-4-6-8-14/h4-10,12H,2-3,11,13,25H2,1H3,(H,26,29,31). The third kappa shape index (κ3) is 4.93. The largest absolute Gasteiger partial charge is 0.383 e. The summed E-state index contributed by atoms with van der Waals surface area (Å²) in [4.78, 5) is 41.8. The average Bonchev–Trinajstić information content (AvgIpc) is 2.75. The summed E-state index contributed by atoms with van der Waals surface area (Å²) in [5.74, 6) is -1.59. The first-order valence-corrected chi connectivity index (χ1v) is 10.6. The van der Waals surface area contributed by atoms with Crippen molar-refractivity contribution in [3.8, 4) is 0 Å². The molecule has 1 aromatic heterocycles. The van der Waals surface area contributed by atoms with E-state index in [1.165, 1.54) is 22.8 Å². The van der Waals surface area contributed by atoms with Gasteiger partial charge in [0.1, 0.15) is 11.6 Å². The molecule has 0 saturated carbocycles. The number of nitrogens with zero attached hydrogens (tertiary/aromatic N) is 2. The van der Waals surface area contributed by atoms with Crippen LogP contribution < -0.4 is 21.9 Å². The molecule has 3 N–H and O–H groups in total. The molecule has 0 unspecified atom stereocenters. The number of anilines is 2. The number of carbonyl (C=O) groups excluding carboxylic acids is 1. The van der Waals surface area contributed by atoms with Crippen LogP contribution in [0.3, 0.4) is 0 Å². The predicted octanol–water partition coefficient (Wildman–Crippen LogP) is 3.52. The van der Waals surface area contributed by atoms with Crippen LogP contribution in [0.15, 0.2) is 62.6 Å². The number of hydrogen-bond donors (Lipinski definition) is 2. The lowest BCUT2D eigenvalue weighted by Crippen LogP contribution is -2.42. The van der Waals surface area contributed by atoms with Gasteiger partial charge in [-0.15, -0.1) is 0 Å². The van der Waals surface area contributed by atoms with Gasteiger partial charge in [0.25, 0.3) is 11.5 Å². The van der Waals surface area contributed by atoms with Crippen LogP contribution in [-0.4, -0.2) is 22.0 Å². The highest BCUT2D eigenvalue weighted by atomic mass is 79.9. The van der Waals surface area contributed by atoms with Crippen molar-refractivity contribution in [2.75, 3.05) is 17.2 Å². The van der Waals surface area contributed by atoms with Crippen LogP contribution in [0.4, 0.5) is 15.9 Å². The van der Waals surface area contributed by atoms with E-state index in [1.807, 2.05) is 37.3 Å². The minimum atomic E-state index is -0.799. The van der Waals surface area contributed by atoms with Gasteiger partial charge < -0.3 is 10.6 Å². The molecule has 0 aliphatic rings. The Hall–Kier alpha value is -3.20. The van der Waals surface area contributed by atoms with E-state index in [9.17, 15) is 18.8 Å². The van der Waals surface area contributed by atoms with Crippen LogP contribution in [0.25, 0.3) is 0 Å².